The van der Waals surface area contributed by atoms with Crippen molar-refractivity contribution in [3.8, 4) is 0 Å². The van der Waals surface area contributed by atoms with E-state index in [-0.39, 0.29) is 54.6 Å². The molecule has 450 valence electrons. The Morgan fingerprint density at radius 2 is 1.28 bits per heavy atom. The Kier molecular flexibility index (Phi) is 17.1. The van der Waals surface area contributed by atoms with E-state index < -0.39 is 175 Å². The molecule has 0 aromatic rings. The zero-order valence-electron chi connectivity index (χ0n) is 46.3. The molecule has 0 aromatic carbocycles. The van der Waals surface area contributed by atoms with Crippen LogP contribution in [0.2, 0.25) is 0 Å². The number of carbonyl (C=O) groups is 3. The summed E-state index contributed by atoms with van der Waals surface area (Å²) >= 11 is 0. The summed E-state index contributed by atoms with van der Waals surface area (Å²) in [7, 11) is 0. The molecule has 9 aliphatic rings. The molecule has 4 aliphatic heterocycles. The molecule has 0 unspecified atom stereocenters. The number of carboxylic acid groups (broad SMARTS) is 1. The number of esters is 2. The molecule has 0 radical (unpaired) electrons. The van der Waals surface area contributed by atoms with Crippen LogP contribution in [-0.2, 0) is 57.0 Å². The third kappa shape index (κ3) is 10.1. The SMILES string of the molecule is CC(=O)O[C@H]1CO[C@@H](O[C@H]2CC[C@]3(C)[C@H]4CC=C5[C@@H]6C[C@](C)(C(=O)O)CC[C@]6(C(=O)O[C@@H]6O[C@H](CO[C@@H]7O[C@H](CO)[C@@H](O[C@@H]8O[C@@H](C)[C@H](O)[C@@H](O)[C@H]8O)[C@H](O)[C@H]7O)[C@@H](O)[C@H](O)[C@H]6O)CC[C@@]5(C)[C@]4(C)CC[C@H]3C2(C)C)[C@H](O)[C@H]1O. The minimum Gasteiger partial charge on any atom is -0.481 e. The molecule has 0 aromatic heterocycles. The van der Waals surface area contributed by atoms with E-state index in [1.165, 1.54) is 13.8 Å². The molecular weight excluding hydrogens is 1040 g/mol. The van der Waals surface area contributed by atoms with E-state index >= 15 is 4.79 Å². The van der Waals surface area contributed by atoms with E-state index in [9.17, 15) is 70.9 Å². The number of aliphatic hydroxyl groups is 11. The van der Waals surface area contributed by atoms with E-state index in [2.05, 4.69) is 40.7 Å². The Morgan fingerprint density at radius 1 is 0.646 bits per heavy atom. The number of aliphatic carboxylic acids is 1. The molecule has 4 saturated heterocycles. The molecule has 0 spiro atoms. The van der Waals surface area contributed by atoms with E-state index in [0.717, 1.165) is 24.8 Å². The second kappa shape index (κ2) is 22.1. The fourth-order valence-electron chi connectivity index (χ4n) is 16.4. The highest BCUT2D eigenvalue weighted by Crippen LogP contribution is 2.76. The second-order valence-electron chi connectivity index (χ2n) is 26.1. The molecule has 0 bridgehead atoms. The summed E-state index contributed by atoms with van der Waals surface area (Å²) in [6.45, 7) is 14.0. The van der Waals surface area contributed by atoms with Crippen LogP contribution in [0, 0.1) is 50.2 Å². The number of carboxylic acids is 1. The number of aliphatic hydroxyl groups excluding tert-OH is 11. The number of ether oxygens (including phenoxy) is 9. The van der Waals surface area contributed by atoms with Gasteiger partial charge in [0.1, 0.15) is 79.4 Å². The van der Waals surface area contributed by atoms with E-state index in [1.54, 1.807) is 6.92 Å². The zero-order valence-corrected chi connectivity index (χ0v) is 46.3. The average molecular weight is 1130 g/mol. The van der Waals surface area contributed by atoms with Gasteiger partial charge in [0.25, 0.3) is 0 Å². The molecule has 0 amide bonds. The average Bonchev–Trinajstić information content (AvgIpc) is 3.59. The maximum atomic E-state index is 15.2. The van der Waals surface area contributed by atoms with E-state index in [4.69, 9.17) is 42.6 Å². The Morgan fingerprint density at radius 3 is 1.95 bits per heavy atom. The fourth-order valence-corrected chi connectivity index (χ4v) is 16.4. The summed E-state index contributed by atoms with van der Waals surface area (Å²) in [6, 6.07) is 0. The topological polar surface area (TPSA) is 377 Å². The van der Waals surface area contributed by atoms with Gasteiger partial charge in [0, 0.05) is 6.92 Å². The van der Waals surface area contributed by atoms with Crippen LogP contribution in [0.5, 0.6) is 0 Å². The van der Waals surface area contributed by atoms with Gasteiger partial charge < -0.3 is 104 Å². The number of carbonyl (C=O) groups excluding carboxylic acids is 2. The zero-order chi connectivity index (χ0) is 57.9. The lowest BCUT2D eigenvalue weighted by molar-refractivity contribution is -0.361. The fraction of sp³-hybridized carbons (Fsp3) is 0.909. The van der Waals surface area contributed by atoms with Gasteiger partial charge in [0.15, 0.2) is 25.0 Å². The van der Waals surface area contributed by atoms with Crippen molar-refractivity contribution in [2.45, 2.75) is 242 Å². The van der Waals surface area contributed by atoms with Crippen LogP contribution in [0.4, 0.5) is 0 Å². The van der Waals surface area contributed by atoms with Gasteiger partial charge in [0.05, 0.1) is 42.9 Å². The molecule has 24 nitrogen and oxygen atoms in total. The van der Waals surface area contributed by atoms with Crippen molar-refractivity contribution in [3.05, 3.63) is 11.6 Å². The second-order valence-corrected chi connectivity index (χ2v) is 26.1. The lowest BCUT2D eigenvalue weighted by Crippen LogP contribution is -2.66. The molecule has 4 heterocycles. The summed E-state index contributed by atoms with van der Waals surface area (Å²) in [4.78, 5) is 39.9. The van der Waals surface area contributed by atoms with Gasteiger partial charge in [-0.2, -0.15) is 0 Å². The highest BCUT2D eigenvalue weighted by molar-refractivity contribution is 5.81. The van der Waals surface area contributed by atoms with Gasteiger partial charge in [-0.25, -0.2) is 0 Å². The smallest absolute Gasteiger partial charge is 0.315 e. The van der Waals surface area contributed by atoms with Crippen LogP contribution in [0.3, 0.4) is 0 Å². The van der Waals surface area contributed by atoms with Crippen LogP contribution in [0.25, 0.3) is 0 Å². The highest BCUT2D eigenvalue weighted by atomic mass is 16.8. The first-order valence-corrected chi connectivity index (χ1v) is 28.1. The Bertz CT molecular complexity index is 2270. The Labute approximate surface area is 459 Å². The van der Waals surface area contributed by atoms with Crippen molar-refractivity contribution < 1.29 is 118 Å². The minimum atomic E-state index is -1.96. The maximum absolute atomic E-state index is 15.2. The number of fused-ring (bicyclic) bond motifs is 7. The van der Waals surface area contributed by atoms with Crippen molar-refractivity contribution in [3.63, 3.8) is 0 Å². The van der Waals surface area contributed by atoms with Crippen LogP contribution >= 0.6 is 0 Å². The number of rotatable bonds is 12. The standard InChI is InChI=1S/C55H86O24/c1-23-33(58)36(61)40(65)46(73-23)78-43-27(20-56)75-44(42(67)38(43)63)71-22-29-34(59)37(62)41(66)47(76-29)79-49(70)55-17-15-51(5,48(68)69)19-26(55)25-9-10-31-52(6)13-12-32(77-45-39(64)35(60)28(21-72-45)74-24(2)57)50(3,4)30(52)11-14-54(31,8)53(25,7)16-18-55/h9,23,26-47,56,58-67H,10-22H2,1-8H3,(H,68,69)/t23-,26-,27+,28-,29+,30-,31+,32-,33-,34+,35-,36+,37-,38+,39+,40+,41+,42+,43+,44+,45-,46-,47-,51+,52-,53+,54+,55-/m0/s1. The van der Waals surface area contributed by atoms with Crippen LogP contribution in [0.1, 0.15) is 120 Å². The predicted octanol–water partition coefficient (Wildman–Crippen LogP) is -0.733. The lowest BCUT2D eigenvalue weighted by Gasteiger charge is -2.71. The molecule has 79 heavy (non-hydrogen) atoms. The van der Waals surface area contributed by atoms with Crippen molar-refractivity contribution in [1.82, 2.24) is 0 Å². The molecule has 12 N–H and O–H groups in total. The Balaban J connectivity index is 0.904. The van der Waals surface area contributed by atoms with E-state index in [1.807, 2.05) is 0 Å². The first-order valence-electron chi connectivity index (χ1n) is 28.1. The van der Waals surface area contributed by atoms with Gasteiger partial charge in [-0.15, -0.1) is 0 Å². The van der Waals surface area contributed by atoms with Gasteiger partial charge in [-0.05, 0) is 117 Å². The minimum absolute atomic E-state index is 0.123. The maximum Gasteiger partial charge on any atom is 0.315 e. The summed E-state index contributed by atoms with van der Waals surface area (Å²) in [6.07, 6.45) is -23.3. The summed E-state index contributed by atoms with van der Waals surface area (Å²) < 4.78 is 52.2. The van der Waals surface area contributed by atoms with Crippen LogP contribution < -0.4 is 0 Å². The summed E-state index contributed by atoms with van der Waals surface area (Å²) in [5, 5.41) is 130. The monoisotopic (exact) mass is 1130 g/mol. The Hall–Kier alpha value is -2.57. The van der Waals surface area contributed by atoms with Gasteiger partial charge in [0.2, 0.25) is 6.29 Å². The van der Waals surface area contributed by atoms with Crippen molar-refractivity contribution in [1.29, 1.82) is 0 Å². The first kappa shape index (κ1) is 61.0. The quantitative estimate of drug-likeness (QED) is 0.0651. The summed E-state index contributed by atoms with van der Waals surface area (Å²) in [5.74, 6) is -2.65. The first-order chi connectivity index (χ1) is 36.9. The van der Waals surface area contributed by atoms with Crippen molar-refractivity contribution >= 4 is 17.9 Å². The van der Waals surface area contributed by atoms with Crippen LogP contribution in [-0.4, -0.2) is 222 Å². The molecule has 9 rings (SSSR count). The number of allylic oxidation sites excluding steroid dienone is 2. The molecular formula is C55H86O24. The third-order valence-electron chi connectivity index (χ3n) is 21.6. The van der Waals surface area contributed by atoms with Gasteiger partial charge in [-0.3, -0.25) is 14.4 Å². The number of hydrogen-bond donors (Lipinski definition) is 12. The normalized spacial score (nSPS) is 52.5. The van der Waals surface area contributed by atoms with E-state index in [0.29, 0.717) is 25.7 Å². The number of hydrogen-bond acceptors (Lipinski definition) is 23. The molecule has 24 heteroatoms. The molecule has 4 saturated carbocycles. The molecule has 5 aliphatic carbocycles. The highest BCUT2D eigenvalue weighted by Gasteiger charge is 2.71. The third-order valence-corrected chi connectivity index (χ3v) is 21.6. The van der Waals surface area contributed by atoms with Crippen LogP contribution in [0.15, 0.2) is 11.6 Å². The van der Waals surface area contributed by atoms with Gasteiger partial charge in [-0.1, -0.05) is 46.3 Å². The van der Waals surface area contributed by atoms with Crippen molar-refractivity contribution in [2.24, 2.45) is 50.2 Å². The summed E-state index contributed by atoms with van der Waals surface area (Å²) in [5.41, 5.74) is -2.92. The predicted molar refractivity (Wildman–Crippen MR) is 267 cm³/mol. The van der Waals surface area contributed by atoms with Crippen molar-refractivity contribution in [2.75, 3.05) is 19.8 Å². The largest absolute Gasteiger partial charge is 0.481 e. The van der Waals surface area contributed by atoms with Gasteiger partial charge >= 0.3 is 17.9 Å². The molecule has 28 atom stereocenters. The molecule has 8 fully saturated rings. The lowest BCUT2D eigenvalue weighted by atomic mass is 9.33.